The van der Waals surface area contributed by atoms with Gasteiger partial charge in [-0.15, -0.1) is 0 Å². The first-order valence-corrected chi connectivity index (χ1v) is 6.13. The molecule has 0 spiro atoms. The van der Waals surface area contributed by atoms with E-state index in [2.05, 4.69) is 73.5 Å². The lowest BCUT2D eigenvalue weighted by molar-refractivity contribution is 0.346. The molecule has 2 aromatic rings. The summed E-state index contributed by atoms with van der Waals surface area (Å²) in [6.07, 6.45) is 0. The van der Waals surface area contributed by atoms with Crippen LogP contribution in [0.3, 0.4) is 0 Å². The fourth-order valence-electron chi connectivity index (χ4n) is 1.96. The average molecular weight is 225 g/mol. The van der Waals surface area contributed by atoms with E-state index in [0.29, 0.717) is 0 Å². The number of benzene rings is 2. The van der Waals surface area contributed by atoms with Crippen molar-refractivity contribution >= 4 is 0 Å². The fraction of sp³-hybridized carbons (Fsp3) is 0.250. The van der Waals surface area contributed by atoms with Gasteiger partial charge in [0.1, 0.15) is 0 Å². The summed E-state index contributed by atoms with van der Waals surface area (Å²) in [6.45, 7) is 4.26. The van der Waals surface area contributed by atoms with Gasteiger partial charge in [-0.3, -0.25) is 0 Å². The van der Waals surface area contributed by atoms with E-state index in [4.69, 9.17) is 0 Å². The van der Waals surface area contributed by atoms with Crippen molar-refractivity contribution in [2.45, 2.75) is 13.5 Å². The van der Waals surface area contributed by atoms with E-state index in [1.54, 1.807) is 0 Å². The topological polar surface area (TPSA) is 3.24 Å². The van der Waals surface area contributed by atoms with Gasteiger partial charge in [0.15, 0.2) is 0 Å². The molecular formula is C16H19N. The van der Waals surface area contributed by atoms with Gasteiger partial charge in [-0.1, -0.05) is 61.5 Å². The zero-order valence-electron chi connectivity index (χ0n) is 10.6. The monoisotopic (exact) mass is 225 g/mol. The van der Waals surface area contributed by atoms with Crippen LogP contribution < -0.4 is 0 Å². The third-order valence-corrected chi connectivity index (χ3v) is 3.08. The van der Waals surface area contributed by atoms with Gasteiger partial charge in [0, 0.05) is 6.54 Å². The third kappa shape index (κ3) is 2.95. The molecule has 0 aliphatic heterocycles. The number of rotatable bonds is 4. The summed E-state index contributed by atoms with van der Waals surface area (Å²) >= 11 is 0. The minimum atomic E-state index is 1.00. The molecule has 2 rings (SSSR count). The Labute approximate surface area is 104 Å². The van der Waals surface area contributed by atoms with E-state index < -0.39 is 0 Å². The molecule has 17 heavy (non-hydrogen) atoms. The van der Waals surface area contributed by atoms with Gasteiger partial charge in [-0.25, -0.2) is 0 Å². The van der Waals surface area contributed by atoms with Crippen molar-refractivity contribution in [2.24, 2.45) is 0 Å². The van der Waals surface area contributed by atoms with E-state index in [1.165, 1.54) is 16.7 Å². The van der Waals surface area contributed by atoms with Gasteiger partial charge in [-0.2, -0.15) is 0 Å². The predicted molar refractivity (Wildman–Crippen MR) is 73.9 cm³/mol. The van der Waals surface area contributed by atoms with Crippen LogP contribution in [-0.4, -0.2) is 18.5 Å². The van der Waals surface area contributed by atoms with Crippen molar-refractivity contribution < 1.29 is 0 Å². The van der Waals surface area contributed by atoms with Crippen molar-refractivity contribution in [1.29, 1.82) is 0 Å². The first-order valence-electron chi connectivity index (χ1n) is 6.13. The highest BCUT2D eigenvalue weighted by atomic mass is 15.1. The normalized spacial score (nSPS) is 10.8. The Hall–Kier alpha value is -1.60. The number of nitrogens with zero attached hydrogens (tertiary/aromatic N) is 1. The first kappa shape index (κ1) is 11.9. The molecule has 0 atom stereocenters. The first-order chi connectivity index (χ1) is 8.31. The lowest BCUT2D eigenvalue weighted by atomic mass is 9.99. The molecule has 0 aromatic heterocycles. The summed E-state index contributed by atoms with van der Waals surface area (Å²) in [5.74, 6) is 0. The Morgan fingerprint density at radius 3 is 2.24 bits per heavy atom. The standard InChI is InChI=1S/C16H19N/c1-3-17(2)13-15-11-7-8-12-16(15)14-9-5-4-6-10-14/h4-12H,3,13H2,1-2H3. The summed E-state index contributed by atoms with van der Waals surface area (Å²) in [5, 5.41) is 0. The van der Waals surface area contributed by atoms with Crippen LogP contribution in [-0.2, 0) is 6.54 Å². The molecule has 0 unspecified atom stereocenters. The maximum absolute atomic E-state index is 2.32. The molecule has 0 fully saturated rings. The van der Waals surface area contributed by atoms with Crippen LogP contribution in [0, 0.1) is 0 Å². The highest BCUT2D eigenvalue weighted by Gasteiger charge is 2.05. The van der Waals surface area contributed by atoms with Crippen molar-refractivity contribution in [2.75, 3.05) is 13.6 Å². The second kappa shape index (κ2) is 5.65. The zero-order chi connectivity index (χ0) is 12.1. The van der Waals surface area contributed by atoms with E-state index in [0.717, 1.165) is 13.1 Å². The molecule has 2 aromatic carbocycles. The third-order valence-electron chi connectivity index (χ3n) is 3.08. The summed E-state index contributed by atoms with van der Waals surface area (Å²) in [4.78, 5) is 2.32. The molecule has 0 amide bonds. The Morgan fingerprint density at radius 1 is 0.882 bits per heavy atom. The summed E-state index contributed by atoms with van der Waals surface area (Å²) in [6, 6.07) is 19.2. The van der Waals surface area contributed by atoms with E-state index in [9.17, 15) is 0 Å². The summed E-state index contributed by atoms with van der Waals surface area (Å²) in [5.41, 5.74) is 4.03. The average Bonchev–Trinajstić information content (AvgIpc) is 2.40. The Balaban J connectivity index is 2.34. The number of hydrogen-bond donors (Lipinski definition) is 0. The quantitative estimate of drug-likeness (QED) is 0.765. The molecule has 1 nitrogen and oxygen atoms in total. The van der Waals surface area contributed by atoms with Crippen molar-refractivity contribution in [3.05, 3.63) is 60.2 Å². The molecule has 0 radical (unpaired) electrons. The van der Waals surface area contributed by atoms with Crippen molar-refractivity contribution in [3.63, 3.8) is 0 Å². The molecule has 0 bridgehead atoms. The highest BCUT2D eigenvalue weighted by Crippen LogP contribution is 2.24. The lowest BCUT2D eigenvalue weighted by Gasteiger charge is -2.17. The Bertz CT molecular complexity index is 462. The Morgan fingerprint density at radius 2 is 1.53 bits per heavy atom. The second-order valence-corrected chi connectivity index (χ2v) is 4.35. The van der Waals surface area contributed by atoms with Gasteiger partial charge < -0.3 is 4.90 Å². The smallest absolute Gasteiger partial charge is 0.0236 e. The van der Waals surface area contributed by atoms with Crippen molar-refractivity contribution in [3.8, 4) is 11.1 Å². The van der Waals surface area contributed by atoms with Gasteiger partial charge in [0.25, 0.3) is 0 Å². The molecular weight excluding hydrogens is 206 g/mol. The van der Waals surface area contributed by atoms with Crippen LogP contribution >= 0.6 is 0 Å². The van der Waals surface area contributed by atoms with Crippen LogP contribution in [0.1, 0.15) is 12.5 Å². The zero-order valence-corrected chi connectivity index (χ0v) is 10.6. The minimum absolute atomic E-state index is 1.00. The van der Waals surface area contributed by atoms with Crippen molar-refractivity contribution in [1.82, 2.24) is 4.90 Å². The molecule has 0 saturated carbocycles. The van der Waals surface area contributed by atoms with Crippen LogP contribution in [0.2, 0.25) is 0 Å². The maximum Gasteiger partial charge on any atom is 0.0236 e. The van der Waals surface area contributed by atoms with Crippen LogP contribution in [0.5, 0.6) is 0 Å². The van der Waals surface area contributed by atoms with Gasteiger partial charge >= 0.3 is 0 Å². The predicted octanol–water partition coefficient (Wildman–Crippen LogP) is 3.81. The van der Waals surface area contributed by atoms with Gasteiger partial charge in [0.05, 0.1) is 0 Å². The molecule has 0 aliphatic rings. The van der Waals surface area contributed by atoms with Crippen LogP contribution in [0.4, 0.5) is 0 Å². The lowest BCUT2D eigenvalue weighted by Crippen LogP contribution is -2.17. The molecule has 1 heteroatoms. The molecule has 88 valence electrons. The maximum atomic E-state index is 2.32. The molecule has 0 heterocycles. The van der Waals surface area contributed by atoms with E-state index in [1.807, 2.05) is 0 Å². The largest absolute Gasteiger partial charge is 0.302 e. The second-order valence-electron chi connectivity index (χ2n) is 4.35. The van der Waals surface area contributed by atoms with E-state index in [-0.39, 0.29) is 0 Å². The highest BCUT2D eigenvalue weighted by molar-refractivity contribution is 5.67. The molecule has 0 N–H and O–H groups in total. The fourth-order valence-corrected chi connectivity index (χ4v) is 1.96. The van der Waals surface area contributed by atoms with Crippen LogP contribution in [0.15, 0.2) is 54.6 Å². The molecule has 0 aliphatic carbocycles. The minimum Gasteiger partial charge on any atom is -0.302 e. The van der Waals surface area contributed by atoms with Gasteiger partial charge in [-0.05, 0) is 30.3 Å². The Kier molecular flexibility index (Phi) is 3.94. The van der Waals surface area contributed by atoms with Crippen LogP contribution in [0.25, 0.3) is 11.1 Å². The van der Waals surface area contributed by atoms with Gasteiger partial charge in [0.2, 0.25) is 0 Å². The SMILES string of the molecule is CCN(C)Cc1ccccc1-c1ccccc1. The van der Waals surface area contributed by atoms with E-state index >= 15 is 0 Å². The molecule has 0 saturated heterocycles. The summed E-state index contributed by atoms with van der Waals surface area (Å²) in [7, 11) is 2.15. The summed E-state index contributed by atoms with van der Waals surface area (Å²) < 4.78 is 0. The number of hydrogen-bond acceptors (Lipinski definition) is 1.